The number of anilines is 1. The average Bonchev–Trinajstić information content (AvgIpc) is 2.29. The SMILES string of the molecule is O=S(=O)(O)CC1CCN(c2ccccn2)CC1. The number of pyridine rings is 1. The molecule has 5 nitrogen and oxygen atoms in total. The van der Waals surface area contributed by atoms with Gasteiger partial charge in [0.1, 0.15) is 5.82 Å². The van der Waals surface area contributed by atoms with E-state index in [1.807, 2.05) is 18.2 Å². The first-order chi connectivity index (χ1) is 8.04. The summed E-state index contributed by atoms with van der Waals surface area (Å²) >= 11 is 0. The predicted molar refractivity (Wildman–Crippen MR) is 65.6 cm³/mol. The second-order valence-electron chi connectivity index (χ2n) is 4.37. The summed E-state index contributed by atoms with van der Waals surface area (Å²) in [6, 6.07) is 5.75. The fourth-order valence-electron chi connectivity index (χ4n) is 2.17. The lowest BCUT2D eigenvalue weighted by Gasteiger charge is -2.32. The van der Waals surface area contributed by atoms with Crippen molar-refractivity contribution in [3.8, 4) is 0 Å². The van der Waals surface area contributed by atoms with E-state index in [2.05, 4.69) is 9.88 Å². The van der Waals surface area contributed by atoms with Gasteiger partial charge in [-0.2, -0.15) is 8.42 Å². The monoisotopic (exact) mass is 256 g/mol. The van der Waals surface area contributed by atoms with Gasteiger partial charge in [0.25, 0.3) is 10.1 Å². The Labute approximate surface area is 101 Å². The molecule has 1 fully saturated rings. The maximum absolute atomic E-state index is 10.8. The first-order valence-electron chi connectivity index (χ1n) is 5.66. The zero-order chi connectivity index (χ0) is 12.3. The Balaban J connectivity index is 1.91. The van der Waals surface area contributed by atoms with Crippen LogP contribution in [0.25, 0.3) is 0 Å². The molecule has 0 saturated carbocycles. The Bertz CT molecular complexity index is 453. The highest BCUT2D eigenvalue weighted by Crippen LogP contribution is 2.22. The topological polar surface area (TPSA) is 70.5 Å². The molecule has 0 atom stereocenters. The first kappa shape index (κ1) is 12.3. The van der Waals surface area contributed by atoms with E-state index >= 15 is 0 Å². The molecule has 1 N–H and O–H groups in total. The normalized spacial score (nSPS) is 18.3. The molecule has 6 heteroatoms. The van der Waals surface area contributed by atoms with Crippen LogP contribution in [0.2, 0.25) is 0 Å². The molecule has 0 aliphatic carbocycles. The predicted octanol–water partition coefficient (Wildman–Crippen LogP) is 1.19. The third-order valence-electron chi connectivity index (χ3n) is 3.03. The van der Waals surface area contributed by atoms with Gasteiger partial charge >= 0.3 is 0 Å². The maximum Gasteiger partial charge on any atom is 0.265 e. The molecule has 94 valence electrons. The van der Waals surface area contributed by atoms with Crippen molar-refractivity contribution < 1.29 is 13.0 Å². The van der Waals surface area contributed by atoms with Crippen LogP contribution in [0.15, 0.2) is 24.4 Å². The minimum atomic E-state index is -3.84. The zero-order valence-electron chi connectivity index (χ0n) is 9.49. The van der Waals surface area contributed by atoms with E-state index in [0.29, 0.717) is 0 Å². The van der Waals surface area contributed by atoms with Crippen LogP contribution in [0, 0.1) is 5.92 Å². The molecule has 0 unspecified atom stereocenters. The largest absolute Gasteiger partial charge is 0.357 e. The number of rotatable bonds is 3. The third kappa shape index (κ3) is 3.67. The summed E-state index contributed by atoms with van der Waals surface area (Å²) in [7, 11) is -3.84. The van der Waals surface area contributed by atoms with Crippen molar-refractivity contribution in [3.05, 3.63) is 24.4 Å². The molecule has 1 aromatic rings. The standard InChI is InChI=1S/C11H16N2O3S/c14-17(15,16)9-10-4-7-13(8-5-10)11-3-1-2-6-12-11/h1-3,6,10H,4-5,7-9H2,(H,14,15,16). The van der Waals surface area contributed by atoms with Gasteiger partial charge in [-0.25, -0.2) is 4.98 Å². The van der Waals surface area contributed by atoms with Crippen LogP contribution in [0.5, 0.6) is 0 Å². The summed E-state index contributed by atoms with van der Waals surface area (Å²) < 4.78 is 30.4. The molecular weight excluding hydrogens is 240 g/mol. The molecule has 0 spiro atoms. The highest BCUT2D eigenvalue weighted by atomic mass is 32.2. The molecule has 2 rings (SSSR count). The molecule has 1 saturated heterocycles. The quantitative estimate of drug-likeness (QED) is 0.822. The fourth-order valence-corrected chi connectivity index (χ4v) is 3.10. The number of hydrogen-bond donors (Lipinski definition) is 1. The van der Waals surface area contributed by atoms with E-state index in [-0.39, 0.29) is 11.7 Å². The minimum absolute atomic E-state index is 0.0602. The van der Waals surface area contributed by atoms with E-state index in [4.69, 9.17) is 4.55 Å². The summed E-state index contributed by atoms with van der Waals surface area (Å²) in [6.07, 6.45) is 3.30. The first-order valence-corrected chi connectivity index (χ1v) is 7.27. The van der Waals surface area contributed by atoms with Crippen molar-refractivity contribution in [2.75, 3.05) is 23.7 Å². The van der Waals surface area contributed by atoms with Gasteiger partial charge in [0.05, 0.1) is 5.75 Å². The fraction of sp³-hybridized carbons (Fsp3) is 0.545. The molecule has 1 aromatic heterocycles. The van der Waals surface area contributed by atoms with Crippen LogP contribution in [0.1, 0.15) is 12.8 Å². The summed E-state index contributed by atoms with van der Waals surface area (Å²) in [5.41, 5.74) is 0. The van der Waals surface area contributed by atoms with Gasteiger partial charge in [0, 0.05) is 19.3 Å². The summed E-state index contributed by atoms with van der Waals surface area (Å²) in [6.45, 7) is 1.58. The number of hydrogen-bond acceptors (Lipinski definition) is 4. The van der Waals surface area contributed by atoms with Crippen molar-refractivity contribution in [1.29, 1.82) is 0 Å². The number of piperidine rings is 1. The van der Waals surface area contributed by atoms with Gasteiger partial charge in [0.2, 0.25) is 0 Å². The van der Waals surface area contributed by atoms with Crippen molar-refractivity contribution in [1.82, 2.24) is 4.98 Å². The number of nitrogens with zero attached hydrogens (tertiary/aromatic N) is 2. The van der Waals surface area contributed by atoms with Gasteiger partial charge in [0.15, 0.2) is 0 Å². The van der Waals surface area contributed by atoms with Crippen LogP contribution in [-0.2, 0) is 10.1 Å². The number of aromatic nitrogens is 1. The Hall–Kier alpha value is -1.14. The molecule has 2 heterocycles. The molecule has 1 aliphatic heterocycles. The second-order valence-corrected chi connectivity index (χ2v) is 5.86. The van der Waals surface area contributed by atoms with Crippen LogP contribution >= 0.6 is 0 Å². The van der Waals surface area contributed by atoms with Gasteiger partial charge in [-0.1, -0.05) is 6.07 Å². The van der Waals surface area contributed by atoms with E-state index in [9.17, 15) is 8.42 Å². The average molecular weight is 256 g/mol. The van der Waals surface area contributed by atoms with Crippen LogP contribution in [0.3, 0.4) is 0 Å². The highest BCUT2D eigenvalue weighted by Gasteiger charge is 2.23. The Kier molecular flexibility index (Phi) is 3.63. The molecule has 0 radical (unpaired) electrons. The van der Waals surface area contributed by atoms with Gasteiger partial charge in [-0.3, -0.25) is 4.55 Å². The summed E-state index contributed by atoms with van der Waals surface area (Å²) in [4.78, 5) is 6.40. The Morgan fingerprint density at radius 3 is 2.59 bits per heavy atom. The molecule has 17 heavy (non-hydrogen) atoms. The van der Waals surface area contributed by atoms with Crippen molar-refractivity contribution >= 4 is 15.9 Å². The molecule has 0 amide bonds. The molecular formula is C11H16N2O3S. The van der Waals surface area contributed by atoms with E-state index in [1.54, 1.807) is 6.20 Å². The molecule has 0 bridgehead atoms. The van der Waals surface area contributed by atoms with Crippen LogP contribution in [-0.4, -0.2) is 36.8 Å². The smallest absolute Gasteiger partial charge is 0.265 e. The van der Waals surface area contributed by atoms with Crippen molar-refractivity contribution in [2.45, 2.75) is 12.8 Å². The Morgan fingerprint density at radius 2 is 2.06 bits per heavy atom. The highest BCUT2D eigenvalue weighted by molar-refractivity contribution is 7.85. The van der Waals surface area contributed by atoms with Gasteiger partial charge < -0.3 is 4.90 Å². The van der Waals surface area contributed by atoms with Crippen molar-refractivity contribution in [3.63, 3.8) is 0 Å². The second kappa shape index (κ2) is 5.01. The molecule has 0 aromatic carbocycles. The zero-order valence-corrected chi connectivity index (χ0v) is 10.3. The van der Waals surface area contributed by atoms with E-state index < -0.39 is 10.1 Å². The maximum atomic E-state index is 10.8. The van der Waals surface area contributed by atoms with E-state index in [1.165, 1.54) is 0 Å². The minimum Gasteiger partial charge on any atom is -0.357 e. The lowest BCUT2D eigenvalue weighted by Crippen LogP contribution is -2.36. The van der Waals surface area contributed by atoms with Crippen LogP contribution in [0.4, 0.5) is 5.82 Å². The summed E-state index contributed by atoms with van der Waals surface area (Å²) in [5, 5.41) is 0. The third-order valence-corrected chi connectivity index (χ3v) is 3.93. The van der Waals surface area contributed by atoms with Gasteiger partial charge in [-0.05, 0) is 30.9 Å². The van der Waals surface area contributed by atoms with Crippen LogP contribution < -0.4 is 4.90 Å². The summed E-state index contributed by atoms with van der Waals surface area (Å²) in [5.74, 6) is 0.867. The Morgan fingerprint density at radius 1 is 1.35 bits per heavy atom. The lowest BCUT2D eigenvalue weighted by atomic mass is 9.99. The molecule has 1 aliphatic rings. The van der Waals surface area contributed by atoms with E-state index in [0.717, 1.165) is 31.7 Å². The van der Waals surface area contributed by atoms with Crippen molar-refractivity contribution in [2.24, 2.45) is 5.92 Å². The lowest BCUT2D eigenvalue weighted by molar-refractivity contribution is 0.412. The van der Waals surface area contributed by atoms with Gasteiger partial charge in [-0.15, -0.1) is 0 Å².